The third-order valence-electron chi connectivity index (χ3n) is 2.68. The molecule has 0 radical (unpaired) electrons. The molecule has 2 aromatic rings. The molecule has 1 amide bonds. The summed E-state index contributed by atoms with van der Waals surface area (Å²) in [6.45, 7) is 0.177. The first-order chi connectivity index (χ1) is 10.2. The lowest BCUT2D eigenvalue weighted by atomic mass is 10.1. The van der Waals surface area contributed by atoms with Crippen molar-refractivity contribution in [2.75, 3.05) is 6.61 Å². The zero-order valence-corrected chi connectivity index (χ0v) is 11.1. The molecule has 2 rings (SSSR count). The van der Waals surface area contributed by atoms with Crippen molar-refractivity contribution in [3.63, 3.8) is 0 Å². The summed E-state index contributed by atoms with van der Waals surface area (Å²) in [4.78, 5) is 22.6. The Kier molecular flexibility index (Phi) is 4.91. The van der Waals surface area contributed by atoms with Crippen molar-refractivity contribution in [3.05, 3.63) is 69.8 Å². The zero-order valence-electron chi connectivity index (χ0n) is 11.1. The first-order valence-electron chi connectivity index (χ1n) is 6.25. The van der Waals surface area contributed by atoms with Crippen molar-refractivity contribution in [3.8, 4) is 11.8 Å². The second-order valence-electron chi connectivity index (χ2n) is 4.18. The van der Waals surface area contributed by atoms with Gasteiger partial charge in [-0.05, 0) is 23.8 Å². The lowest BCUT2D eigenvalue weighted by Gasteiger charge is -2.05. The first-order valence-corrected chi connectivity index (χ1v) is 6.25. The Bertz CT molecular complexity index is 715. The third kappa shape index (κ3) is 4.34. The second-order valence-corrected chi connectivity index (χ2v) is 4.18. The Morgan fingerprint density at radius 2 is 1.95 bits per heavy atom. The van der Waals surface area contributed by atoms with E-state index in [1.165, 1.54) is 12.1 Å². The van der Waals surface area contributed by atoms with Crippen molar-refractivity contribution >= 4 is 5.91 Å². The fourth-order valence-corrected chi connectivity index (χ4v) is 1.62. The van der Waals surface area contributed by atoms with E-state index in [0.29, 0.717) is 12.1 Å². The van der Waals surface area contributed by atoms with Gasteiger partial charge in [0.05, 0.1) is 5.56 Å². The number of carbonyl (C=O) groups excluding carboxylic acids is 1. The van der Waals surface area contributed by atoms with E-state index < -0.39 is 5.63 Å². The molecule has 0 aliphatic rings. The van der Waals surface area contributed by atoms with Crippen molar-refractivity contribution in [2.45, 2.75) is 6.54 Å². The smallest absolute Gasteiger partial charge is 0.335 e. The van der Waals surface area contributed by atoms with Gasteiger partial charge < -0.3 is 14.8 Å². The minimum absolute atomic E-state index is 0.176. The molecule has 1 aromatic carbocycles. The molecule has 0 atom stereocenters. The van der Waals surface area contributed by atoms with E-state index in [0.717, 1.165) is 17.4 Å². The molecular weight excluding hydrogens is 270 g/mol. The summed E-state index contributed by atoms with van der Waals surface area (Å²) in [5, 5.41) is 11.3. The van der Waals surface area contributed by atoms with Crippen LogP contribution in [0.5, 0.6) is 0 Å². The average Bonchev–Trinajstić information content (AvgIpc) is 2.52. The summed E-state index contributed by atoms with van der Waals surface area (Å²) in [6, 6.07) is 9.91. The van der Waals surface area contributed by atoms with E-state index in [1.807, 2.05) is 24.3 Å². The highest BCUT2D eigenvalue weighted by Crippen LogP contribution is 2.04. The summed E-state index contributed by atoms with van der Waals surface area (Å²) >= 11 is 0. The van der Waals surface area contributed by atoms with Gasteiger partial charge in [0.2, 0.25) is 0 Å². The standard InChI is InChI=1S/C16H13NO4/c18-9-1-2-12-3-5-13(6-4-12)10-17-16(20)14-7-8-15(19)21-11-14/h3-8,11,18H,9-10H2,(H,17,20). The highest BCUT2D eigenvalue weighted by Gasteiger charge is 2.05. The maximum Gasteiger partial charge on any atom is 0.335 e. The van der Waals surface area contributed by atoms with Crippen LogP contribution in [0.2, 0.25) is 0 Å². The Hall–Kier alpha value is -2.84. The number of aliphatic hydroxyl groups excluding tert-OH is 1. The zero-order chi connectivity index (χ0) is 15.1. The average molecular weight is 283 g/mol. The van der Waals surface area contributed by atoms with E-state index in [-0.39, 0.29) is 12.5 Å². The molecule has 5 nitrogen and oxygen atoms in total. The summed E-state index contributed by atoms with van der Waals surface area (Å²) in [5.74, 6) is 5.03. The first kappa shape index (κ1) is 14.6. The van der Waals surface area contributed by atoms with Crippen LogP contribution in [0.25, 0.3) is 0 Å². The predicted octanol–water partition coefficient (Wildman–Crippen LogP) is 0.914. The Morgan fingerprint density at radius 3 is 2.57 bits per heavy atom. The van der Waals surface area contributed by atoms with Crippen LogP contribution in [-0.2, 0) is 6.54 Å². The molecule has 0 saturated heterocycles. The highest BCUT2D eigenvalue weighted by atomic mass is 16.4. The molecule has 0 bridgehead atoms. The molecule has 0 fully saturated rings. The van der Waals surface area contributed by atoms with Gasteiger partial charge in [0.1, 0.15) is 12.9 Å². The van der Waals surface area contributed by atoms with Crippen molar-refractivity contribution in [1.29, 1.82) is 0 Å². The van der Waals surface area contributed by atoms with E-state index >= 15 is 0 Å². The summed E-state index contributed by atoms with van der Waals surface area (Å²) in [7, 11) is 0. The van der Waals surface area contributed by atoms with Crippen LogP contribution in [0.1, 0.15) is 21.5 Å². The van der Waals surface area contributed by atoms with Crippen LogP contribution in [0, 0.1) is 11.8 Å². The third-order valence-corrected chi connectivity index (χ3v) is 2.68. The van der Waals surface area contributed by atoms with Gasteiger partial charge in [-0.2, -0.15) is 0 Å². The molecule has 1 heterocycles. The number of hydrogen-bond donors (Lipinski definition) is 2. The Labute approximate surface area is 121 Å². The molecule has 5 heteroatoms. The second kappa shape index (κ2) is 7.08. The molecule has 1 aromatic heterocycles. The number of hydrogen-bond acceptors (Lipinski definition) is 4. The van der Waals surface area contributed by atoms with E-state index in [2.05, 4.69) is 21.6 Å². The Balaban J connectivity index is 1.95. The lowest BCUT2D eigenvalue weighted by molar-refractivity contribution is 0.0948. The monoisotopic (exact) mass is 283 g/mol. The predicted molar refractivity (Wildman–Crippen MR) is 76.6 cm³/mol. The maximum absolute atomic E-state index is 11.8. The van der Waals surface area contributed by atoms with Gasteiger partial charge in [-0.1, -0.05) is 24.0 Å². The van der Waals surface area contributed by atoms with Gasteiger partial charge in [-0.3, -0.25) is 4.79 Å². The van der Waals surface area contributed by atoms with Crippen LogP contribution in [-0.4, -0.2) is 17.6 Å². The molecule has 21 heavy (non-hydrogen) atoms. The number of rotatable bonds is 3. The molecule has 106 valence electrons. The molecule has 2 N–H and O–H groups in total. The molecular formula is C16H13NO4. The van der Waals surface area contributed by atoms with Crippen LogP contribution in [0.3, 0.4) is 0 Å². The minimum Gasteiger partial charge on any atom is -0.430 e. The molecule has 0 saturated carbocycles. The van der Waals surface area contributed by atoms with Gasteiger partial charge in [0, 0.05) is 18.2 Å². The van der Waals surface area contributed by atoms with Gasteiger partial charge in [0.15, 0.2) is 0 Å². The van der Waals surface area contributed by atoms with E-state index in [4.69, 9.17) is 5.11 Å². The van der Waals surface area contributed by atoms with Gasteiger partial charge in [0.25, 0.3) is 5.91 Å². The molecule has 0 aliphatic heterocycles. The summed E-state index contributed by atoms with van der Waals surface area (Å²) in [5.41, 5.74) is 1.51. The summed E-state index contributed by atoms with van der Waals surface area (Å²) < 4.78 is 4.63. The Morgan fingerprint density at radius 1 is 1.19 bits per heavy atom. The molecule has 0 spiro atoms. The number of amides is 1. The van der Waals surface area contributed by atoms with Crippen LogP contribution in [0.4, 0.5) is 0 Å². The lowest BCUT2D eigenvalue weighted by Crippen LogP contribution is -2.23. The van der Waals surface area contributed by atoms with Gasteiger partial charge in [-0.25, -0.2) is 4.79 Å². The van der Waals surface area contributed by atoms with E-state index in [9.17, 15) is 9.59 Å². The topological polar surface area (TPSA) is 79.5 Å². The summed E-state index contributed by atoms with van der Waals surface area (Å²) in [6.07, 6.45) is 1.13. The van der Waals surface area contributed by atoms with Crippen molar-refractivity contribution < 1.29 is 14.3 Å². The highest BCUT2D eigenvalue weighted by molar-refractivity contribution is 5.93. The van der Waals surface area contributed by atoms with Crippen molar-refractivity contribution in [2.24, 2.45) is 0 Å². The number of nitrogens with one attached hydrogen (secondary N) is 1. The fourth-order valence-electron chi connectivity index (χ4n) is 1.62. The van der Waals surface area contributed by atoms with Crippen molar-refractivity contribution in [1.82, 2.24) is 5.32 Å². The van der Waals surface area contributed by atoms with Crippen LogP contribution < -0.4 is 10.9 Å². The van der Waals surface area contributed by atoms with Crippen LogP contribution >= 0.6 is 0 Å². The van der Waals surface area contributed by atoms with E-state index in [1.54, 1.807) is 0 Å². The number of benzene rings is 1. The van der Waals surface area contributed by atoms with Crippen LogP contribution in [0.15, 0.2) is 51.9 Å². The minimum atomic E-state index is -0.494. The fraction of sp³-hybridized carbons (Fsp3) is 0.125. The number of carbonyl (C=O) groups is 1. The number of aliphatic hydroxyl groups is 1. The molecule has 0 unspecified atom stereocenters. The normalized spacial score (nSPS) is 9.57. The van der Waals surface area contributed by atoms with Gasteiger partial charge in [-0.15, -0.1) is 0 Å². The maximum atomic E-state index is 11.8. The molecule has 0 aliphatic carbocycles. The largest absolute Gasteiger partial charge is 0.430 e. The SMILES string of the molecule is O=C(NCc1ccc(C#CCO)cc1)c1ccc(=O)oc1. The quantitative estimate of drug-likeness (QED) is 0.821. The van der Waals surface area contributed by atoms with Gasteiger partial charge >= 0.3 is 5.63 Å².